The van der Waals surface area contributed by atoms with Crippen LogP contribution in [0.5, 0.6) is 5.75 Å². The second-order valence-electron chi connectivity index (χ2n) is 5.23. The maximum Gasteiger partial charge on any atom is 0.190 e. The Morgan fingerprint density at radius 2 is 1.74 bits per heavy atom. The second kappa shape index (κ2) is 8.10. The van der Waals surface area contributed by atoms with Gasteiger partial charge < -0.3 is 10.1 Å². The summed E-state index contributed by atoms with van der Waals surface area (Å²) in [6, 6.07) is 4.09. The van der Waals surface area contributed by atoms with E-state index < -0.39 is 11.6 Å². The van der Waals surface area contributed by atoms with Gasteiger partial charge in [-0.15, -0.1) is 0 Å². The molecule has 0 heterocycles. The standard InChI is InChI=1S/C15H23F2NO/c1-11(2)7-8-12(3)18-9-10-19-15-13(16)5-4-6-14(15)17/h4-6,11-12,18H,7-10H2,1-3H3. The molecule has 0 aliphatic rings. The van der Waals surface area contributed by atoms with Crippen molar-refractivity contribution in [3.63, 3.8) is 0 Å². The summed E-state index contributed by atoms with van der Waals surface area (Å²) >= 11 is 0. The number of nitrogens with one attached hydrogen (secondary N) is 1. The highest BCUT2D eigenvalue weighted by atomic mass is 19.1. The summed E-state index contributed by atoms with van der Waals surface area (Å²) in [7, 11) is 0. The fraction of sp³-hybridized carbons (Fsp3) is 0.600. The summed E-state index contributed by atoms with van der Waals surface area (Å²) in [6.07, 6.45) is 2.25. The maximum atomic E-state index is 13.3. The van der Waals surface area contributed by atoms with Gasteiger partial charge in [0.2, 0.25) is 0 Å². The van der Waals surface area contributed by atoms with Crippen molar-refractivity contribution in [2.24, 2.45) is 5.92 Å². The van der Waals surface area contributed by atoms with E-state index in [1.807, 2.05) is 0 Å². The maximum absolute atomic E-state index is 13.3. The summed E-state index contributed by atoms with van der Waals surface area (Å²) < 4.78 is 31.7. The van der Waals surface area contributed by atoms with Gasteiger partial charge in [-0.1, -0.05) is 19.9 Å². The zero-order chi connectivity index (χ0) is 14.3. The van der Waals surface area contributed by atoms with E-state index in [1.165, 1.54) is 18.2 Å². The fourth-order valence-corrected chi connectivity index (χ4v) is 1.76. The van der Waals surface area contributed by atoms with E-state index in [-0.39, 0.29) is 12.4 Å². The molecule has 0 saturated carbocycles. The van der Waals surface area contributed by atoms with Gasteiger partial charge in [-0.05, 0) is 37.8 Å². The monoisotopic (exact) mass is 271 g/mol. The van der Waals surface area contributed by atoms with Crippen molar-refractivity contribution in [2.45, 2.75) is 39.7 Å². The normalized spacial score (nSPS) is 12.7. The molecule has 108 valence electrons. The van der Waals surface area contributed by atoms with Crippen LogP contribution >= 0.6 is 0 Å². The summed E-state index contributed by atoms with van der Waals surface area (Å²) in [4.78, 5) is 0. The molecule has 0 bridgehead atoms. The summed E-state index contributed by atoms with van der Waals surface area (Å²) in [5.41, 5.74) is 0. The van der Waals surface area contributed by atoms with Gasteiger partial charge in [-0.2, -0.15) is 0 Å². The fourth-order valence-electron chi connectivity index (χ4n) is 1.76. The Morgan fingerprint density at radius 1 is 1.11 bits per heavy atom. The molecule has 1 unspecified atom stereocenters. The molecular formula is C15H23F2NO. The van der Waals surface area contributed by atoms with Gasteiger partial charge in [0.25, 0.3) is 0 Å². The van der Waals surface area contributed by atoms with E-state index in [1.54, 1.807) is 0 Å². The Balaban J connectivity index is 2.24. The highest BCUT2D eigenvalue weighted by Crippen LogP contribution is 2.20. The lowest BCUT2D eigenvalue weighted by Crippen LogP contribution is -2.30. The van der Waals surface area contributed by atoms with E-state index in [4.69, 9.17) is 4.74 Å². The predicted molar refractivity (Wildman–Crippen MR) is 73.4 cm³/mol. The van der Waals surface area contributed by atoms with Crippen molar-refractivity contribution in [3.05, 3.63) is 29.8 Å². The molecule has 0 saturated heterocycles. The molecule has 0 aliphatic heterocycles. The van der Waals surface area contributed by atoms with E-state index in [9.17, 15) is 8.78 Å². The predicted octanol–water partition coefficient (Wildman–Crippen LogP) is 3.76. The van der Waals surface area contributed by atoms with E-state index in [0.717, 1.165) is 12.8 Å². The van der Waals surface area contributed by atoms with Gasteiger partial charge in [0.05, 0.1) is 0 Å². The zero-order valence-electron chi connectivity index (χ0n) is 11.9. The SMILES string of the molecule is CC(C)CCC(C)NCCOc1c(F)cccc1F. The molecule has 0 radical (unpaired) electrons. The number of benzene rings is 1. The van der Waals surface area contributed by atoms with E-state index in [2.05, 4.69) is 26.1 Å². The van der Waals surface area contributed by atoms with Crippen LogP contribution in [-0.4, -0.2) is 19.2 Å². The van der Waals surface area contributed by atoms with Crippen LogP contribution in [0, 0.1) is 17.6 Å². The third-order valence-corrected chi connectivity index (χ3v) is 2.94. The first-order chi connectivity index (χ1) is 9.00. The molecule has 1 atom stereocenters. The Kier molecular flexibility index (Phi) is 6.78. The van der Waals surface area contributed by atoms with Gasteiger partial charge in [0, 0.05) is 12.6 Å². The first-order valence-corrected chi connectivity index (χ1v) is 6.81. The van der Waals surface area contributed by atoms with Crippen molar-refractivity contribution in [1.82, 2.24) is 5.32 Å². The molecule has 4 heteroatoms. The lowest BCUT2D eigenvalue weighted by Gasteiger charge is -2.15. The molecule has 1 N–H and O–H groups in total. The zero-order valence-corrected chi connectivity index (χ0v) is 11.9. The lowest BCUT2D eigenvalue weighted by molar-refractivity contribution is 0.275. The van der Waals surface area contributed by atoms with Crippen molar-refractivity contribution in [3.8, 4) is 5.75 Å². The molecule has 0 fully saturated rings. The van der Waals surface area contributed by atoms with Crippen molar-refractivity contribution in [2.75, 3.05) is 13.2 Å². The highest BCUT2D eigenvalue weighted by Gasteiger charge is 2.09. The smallest absolute Gasteiger partial charge is 0.190 e. The molecule has 1 rings (SSSR count). The van der Waals surface area contributed by atoms with Crippen LogP contribution < -0.4 is 10.1 Å². The molecule has 0 amide bonds. The minimum absolute atomic E-state index is 0.254. The number of halogens is 2. The van der Waals surface area contributed by atoms with Gasteiger partial charge in [0.15, 0.2) is 17.4 Å². The van der Waals surface area contributed by atoms with Crippen LogP contribution in [0.4, 0.5) is 8.78 Å². The van der Waals surface area contributed by atoms with E-state index >= 15 is 0 Å². The quantitative estimate of drug-likeness (QED) is 0.727. The lowest BCUT2D eigenvalue weighted by atomic mass is 10.0. The molecule has 19 heavy (non-hydrogen) atoms. The van der Waals surface area contributed by atoms with Crippen LogP contribution in [0.25, 0.3) is 0 Å². The van der Waals surface area contributed by atoms with Crippen LogP contribution in [0.15, 0.2) is 18.2 Å². The van der Waals surface area contributed by atoms with Crippen LogP contribution in [0.1, 0.15) is 33.6 Å². The van der Waals surface area contributed by atoms with Crippen molar-refractivity contribution < 1.29 is 13.5 Å². The summed E-state index contributed by atoms with van der Waals surface area (Å²) in [5.74, 6) is -0.923. The van der Waals surface area contributed by atoms with Gasteiger partial charge in [0.1, 0.15) is 6.61 Å². The minimum atomic E-state index is -0.659. The Bertz CT molecular complexity index is 362. The average molecular weight is 271 g/mol. The van der Waals surface area contributed by atoms with Crippen LogP contribution in [0.2, 0.25) is 0 Å². The summed E-state index contributed by atoms with van der Waals surface area (Å²) in [6.45, 7) is 7.32. The van der Waals surface area contributed by atoms with Crippen LogP contribution in [-0.2, 0) is 0 Å². The van der Waals surface area contributed by atoms with E-state index in [0.29, 0.717) is 18.5 Å². The molecular weight excluding hydrogens is 248 g/mol. The van der Waals surface area contributed by atoms with Crippen LogP contribution in [0.3, 0.4) is 0 Å². The highest BCUT2D eigenvalue weighted by molar-refractivity contribution is 5.25. The molecule has 1 aromatic rings. The molecule has 2 nitrogen and oxygen atoms in total. The van der Waals surface area contributed by atoms with Gasteiger partial charge in [-0.3, -0.25) is 0 Å². The largest absolute Gasteiger partial charge is 0.486 e. The first-order valence-electron chi connectivity index (χ1n) is 6.81. The van der Waals surface area contributed by atoms with Gasteiger partial charge in [-0.25, -0.2) is 8.78 Å². The minimum Gasteiger partial charge on any atom is -0.486 e. The number of para-hydroxylation sites is 1. The molecule has 1 aromatic carbocycles. The molecule has 0 aromatic heterocycles. The number of hydrogen-bond donors (Lipinski definition) is 1. The summed E-state index contributed by atoms with van der Waals surface area (Å²) in [5, 5.41) is 3.28. The third kappa shape index (κ3) is 6.01. The van der Waals surface area contributed by atoms with Crippen molar-refractivity contribution >= 4 is 0 Å². The van der Waals surface area contributed by atoms with Gasteiger partial charge >= 0.3 is 0 Å². The Labute approximate surface area is 114 Å². The topological polar surface area (TPSA) is 21.3 Å². The number of ether oxygens (including phenoxy) is 1. The first kappa shape index (κ1) is 15.9. The Hall–Kier alpha value is -1.16. The van der Waals surface area contributed by atoms with Crippen molar-refractivity contribution in [1.29, 1.82) is 0 Å². The average Bonchev–Trinajstić information content (AvgIpc) is 2.35. The third-order valence-electron chi connectivity index (χ3n) is 2.94. The number of rotatable bonds is 8. The number of hydrogen-bond acceptors (Lipinski definition) is 2. The second-order valence-corrected chi connectivity index (χ2v) is 5.23. The molecule has 0 aliphatic carbocycles. The molecule has 0 spiro atoms. The Morgan fingerprint density at radius 3 is 2.32 bits per heavy atom.